The van der Waals surface area contributed by atoms with Crippen LogP contribution in [0.2, 0.25) is 0 Å². The molecule has 2 aliphatic rings. The van der Waals surface area contributed by atoms with Crippen molar-refractivity contribution in [2.24, 2.45) is 5.41 Å². The molecule has 2 fully saturated rings. The van der Waals surface area contributed by atoms with Gasteiger partial charge in [-0.25, -0.2) is 0 Å². The molecule has 0 saturated carbocycles. The second kappa shape index (κ2) is 5.29. The molecule has 4 nitrogen and oxygen atoms in total. The summed E-state index contributed by atoms with van der Waals surface area (Å²) in [6.45, 7) is 3.89. The van der Waals surface area contributed by atoms with Crippen molar-refractivity contribution in [3.05, 3.63) is 22.6 Å². The maximum atomic E-state index is 12.5. The normalized spacial score (nSPS) is 27.7. The molecule has 5 heteroatoms. The van der Waals surface area contributed by atoms with Crippen LogP contribution in [0.1, 0.15) is 36.0 Å². The number of nitrogens with zero attached hydrogens (tertiary/aromatic N) is 1. The highest BCUT2D eigenvalue weighted by atomic mass is 79.9. The summed E-state index contributed by atoms with van der Waals surface area (Å²) in [6.07, 6.45) is 6.34. The number of furan rings is 1. The molecule has 2 saturated heterocycles. The Bertz CT molecular complexity index is 460. The van der Waals surface area contributed by atoms with Gasteiger partial charge in [-0.3, -0.25) is 4.79 Å². The first-order chi connectivity index (χ1) is 9.20. The third kappa shape index (κ3) is 2.58. The van der Waals surface area contributed by atoms with Gasteiger partial charge in [0.15, 0.2) is 4.67 Å². The van der Waals surface area contributed by atoms with Gasteiger partial charge in [-0.15, -0.1) is 0 Å². The minimum absolute atomic E-state index is 0.0882. The second-order valence-corrected chi connectivity index (χ2v) is 6.44. The molecule has 0 aromatic carbocycles. The zero-order valence-corrected chi connectivity index (χ0v) is 12.5. The Balaban J connectivity index is 1.74. The number of halogens is 1. The third-order valence-corrected chi connectivity index (χ3v) is 4.97. The number of hydrogen-bond donors (Lipinski definition) is 1. The first-order valence-corrected chi connectivity index (χ1v) is 7.73. The van der Waals surface area contributed by atoms with Gasteiger partial charge in [-0.2, -0.15) is 0 Å². The molecule has 1 amide bonds. The Morgan fingerprint density at radius 2 is 2.26 bits per heavy atom. The predicted octanol–water partition coefficient (Wildman–Crippen LogP) is 2.65. The van der Waals surface area contributed by atoms with Crippen LogP contribution in [0.5, 0.6) is 0 Å². The lowest BCUT2D eigenvalue weighted by Crippen LogP contribution is -2.52. The largest absolute Gasteiger partial charge is 0.457 e. The zero-order chi connectivity index (χ0) is 13.3. The minimum Gasteiger partial charge on any atom is -0.457 e. The van der Waals surface area contributed by atoms with E-state index in [1.54, 1.807) is 12.3 Å². The molecule has 1 aromatic heterocycles. The zero-order valence-electron chi connectivity index (χ0n) is 11.0. The van der Waals surface area contributed by atoms with Crippen molar-refractivity contribution in [1.82, 2.24) is 10.2 Å². The van der Waals surface area contributed by atoms with Gasteiger partial charge in [-0.05, 0) is 54.2 Å². The molecule has 19 heavy (non-hydrogen) atoms. The maximum Gasteiger partial charge on any atom is 0.258 e. The van der Waals surface area contributed by atoms with Crippen molar-refractivity contribution in [2.75, 3.05) is 26.2 Å². The van der Waals surface area contributed by atoms with Crippen LogP contribution in [-0.4, -0.2) is 37.0 Å². The number of nitrogens with one attached hydrogen (secondary N) is 1. The van der Waals surface area contributed by atoms with Crippen LogP contribution in [0, 0.1) is 5.41 Å². The molecule has 3 heterocycles. The van der Waals surface area contributed by atoms with E-state index in [0.717, 1.165) is 32.6 Å². The Hall–Kier alpha value is -0.810. The lowest BCUT2D eigenvalue weighted by Gasteiger charge is -2.45. The average Bonchev–Trinajstić information content (AvgIpc) is 2.85. The number of hydrogen-bond acceptors (Lipinski definition) is 3. The van der Waals surface area contributed by atoms with E-state index in [1.807, 2.05) is 4.90 Å². The molecule has 0 aliphatic carbocycles. The Kier molecular flexibility index (Phi) is 3.67. The molecule has 0 bridgehead atoms. The number of likely N-dealkylation sites (tertiary alicyclic amines) is 1. The summed E-state index contributed by atoms with van der Waals surface area (Å²) in [5.74, 6) is 0.0882. The summed E-state index contributed by atoms with van der Waals surface area (Å²) < 4.78 is 5.71. The lowest BCUT2D eigenvalue weighted by molar-refractivity contribution is 0.0432. The lowest BCUT2D eigenvalue weighted by atomic mass is 9.74. The van der Waals surface area contributed by atoms with Crippen LogP contribution in [0.3, 0.4) is 0 Å². The van der Waals surface area contributed by atoms with Crippen molar-refractivity contribution >= 4 is 21.8 Å². The number of piperidine rings is 2. The minimum atomic E-state index is 0.0882. The molecule has 0 radical (unpaired) electrons. The van der Waals surface area contributed by atoms with Gasteiger partial charge in [0.25, 0.3) is 5.91 Å². The van der Waals surface area contributed by atoms with Gasteiger partial charge in [0.2, 0.25) is 0 Å². The van der Waals surface area contributed by atoms with Gasteiger partial charge in [0, 0.05) is 25.0 Å². The van der Waals surface area contributed by atoms with Crippen molar-refractivity contribution < 1.29 is 9.21 Å². The molecular weight excluding hydrogens is 308 g/mol. The SMILES string of the molecule is O=C(c1ccoc1Br)N1CCCC2(CCCNC2)C1. The molecule has 1 spiro atoms. The van der Waals surface area contributed by atoms with Crippen molar-refractivity contribution in [3.63, 3.8) is 0 Å². The fourth-order valence-electron chi connectivity index (χ4n) is 3.38. The number of carbonyl (C=O) groups is 1. The first kappa shape index (κ1) is 13.2. The Morgan fingerprint density at radius 3 is 2.95 bits per heavy atom. The fourth-order valence-corrected chi connectivity index (χ4v) is 3.79. The molecule has 3 rings (SSSR count). The van der Waals surface area contributed by atoms with E-state index in [1.165, 1.54) is 19.3 Å². The Morgan fingerprint density at radius 1 is 1.42 bits per heavy atom. The summed E-state index contributed by atoms with van der Waals surface area (Å²) in [7, 11) is 0. The summed E-state index contributed by atoms with van der Waals surface area (Å²) in [5, 5.41) is 3.49. The van der Waals surface area contributed by atoms with Crippen molar-refractivity contribution in [1.29, 1.82) is 0 Å². The van der Waals surface area contributed by atoms with E-state index in [4.69, 9.17) is 4.42 Å². The standard InChI is InChI=1S/C14H19BrN2O2/c15-12-11(3-8-19-12)13(18)17-7-2-5-14(10-17)4-1-6-16-9-14/h3,8,16H,1-2,4-7,9-10H2. The van der Waals surface area contributed by atoms with E-state index in [-0.39, 0.29) is 5.91 Å². The second-order valence-electron chi connectivity index (χ2n) is 5.72. The average molecular weight is 327 g/mol. The highest BCUT2D eigenvalue weighted by molar-refractivity contribution is 9.10. The van der Waals surface area contributed by atoms with Gasteiger partial charge < -0.3 is 14.6 Å². The van der Waals surface area contributed by atoms with Gasteiger partial charge >= 0.3 is 0 Å². The Labute approximate surface area is 121 Å². The fraction of sp³-hybridized carbons (Fsp3) is 0.643. The van der Waals surface area contributed by atoms with E-state index >= 15 is 0 Å². The quantitative estimate of drug-likeness (QED) is 0.862. The highest BCUT2D eigenvalue weighted by Gasteiger charge is 2.38. The summed E-state index contributed by atoms with van der Waals surface area (Å²) in [4.78, 5) is 14.5. The van der Waals surface area contributed by atoms with Crippen LogP contribution >= 0.6 is 15.9 Å². The molecule has 2 aliphatic heterocycles. The van der Waals surface area contributed by atoms with Gasteiger partial charge in [0.1, 0.15) is 0 Å². The number of amides is 1. The topological polar surface area (TPSA) is 45.5 Å². The monoisotopic (exact) mass is 326 g/mol. The van der Waals surface area contributed by atoms with Crippen molar-refractivity contribution in [3.8, 4) is 0 Å². The van der Waals surface area contributed by atoms with Gasteiger partial charge in [0.05, 0.1) is 11.8 Å². The molecular formula is C14H19BrN2O2. The predicted molar refractivity (Wildman–Crippen MR) is 76.1 cm³/mol. The van der Waals surface area contributed by atoms with E-state index < -0.39 is 0 Å². The third-order valence-electron chi connectivity index (χ3n) is 4.36. The van der Waals surface area contributed by atoms with E-state index in [2.05, 4.69) is 21.2 Å². The van der Waals surface area contributed by atoms with Crippen molar-refractivity contribution in [2.45, 2.75) is 25.7 Å². The van der Waals surface area contributed by atoms with Crippen LogP contribution in [-0.2, 0) is 0 Å². The maximum absolute atomic E-state index is 12.5. The molecule has 1 aromatic rings. The van der Waals surface area contributed by atoms with Crippen LogP contribution < -0.4 is 5.32 Å². The summed E-state index contributed by atoms with van der Waals surface area (Å²) >= 11 is 3.29. The van der Waals surface area contributed by atoms with Gasteiger partial charge in [-0.1, -0.05) is 0 Å². The molecule has 1 N–H and O–H groups in total. The smallest absolute Gasteiger partial charge is 0.258 e. The molecule has 1 atom stereocenters. The van der Waals surface area contributed by atoms with E-state index in [9.17, 15) is 4.79 Å². The molecule has 104 valence electrons. The van der Waals surface area contributed by atoms with Crippen LogP contribution in [0.25, 0.3) is 0 Å². The first-order valence-electron chi connectivity index (χ1n) is 6.93. The van der Waals surface area contributed by atoms with Crippen LogP contribution in [0.15, 0.2) is 21.4 Å². The number of carbonyl (C=O) groups excluding carboxylic acids is 1. The van der Waals surface area contributed by atoms with Crippen LogP contribution in [0.4, 0.5) is 0 Å². The molecule has 1 unspecified atom stereocenters. The highest BCUT2D eigenvalue weighted by Crippen LogP contribution is 2.36. The number of rotatable bonds is 1. The summed E-state index contributed by atoms with van der Waals surface area (Å²) in [6, 6.07) is 1.74. The summed E-state index contributed by atoms with van der Waals surface area (Å²) in [5.41, 5.74) is 0.934. The van der Waals surface area contributed by atoms with E-state index in [0.29, 0.717) is 15.6 Å².